The van der Waals surface area contributed by atoms with Crippen LogP contribution in [-0.4, -0.2) is 66.8 Å². The van der Waals surface area contributed by atoms with Gasteiger partial charge in [0.1, 0.15) is 5.66 Å². The van der Waals surface area contributed by atoms with Crippen molar-refractivity contribution in [2.24, 2.45) is 27.2 Å². The minimum absolute atomic E-state index is 0.0738. The van der Waals surface area contributed by atoms with Crippen molar-refractivity contribution in [3.05, 3.63) is 41.2 Å². The highest BCUT2D eigenvalue weighted by atomic mass is 16.2. The van der Waals surface area contributed by atoms with Gasteiger partial charge in [-0.25, -0.2) is 4.99 Å². The fourth-order valence-electron chi connectivity index (χ4n) is 7.25. The largest absolute Gasteiger partial charge is 0.352 e. The summed E-state index contributed by atoms with van der Waals surface area (Å²) >= 11 is 0. The van der Waals surface area contributed by atoms with E-state index in [0.717, 1.165) is 70.0 Å². The van der Waals surface area contributed by atoms with Gasteiger partial charge in [0.2, 0.25) is 0 Å². The second kappa shape index (κ2) is 12.5. The molecule has 2 aliphatic heterocycles. The molecule has 1 saturated heterocycles. The van der Waals surface area contributed by atoms with Crippen LogP contribution in [0.15, 0.2) is 29.3 Å². The molecule has 246 valence electrons. The SMILES string of the molecule is CC(C)(C)CC[C@H](c1ccc(C(=O)NCc2nn[nH]n2)cc1)N1C(=O)C(N2CCC(C)(C)CC2)=NC12CCC(C(C)(C)C)CC2. The van der Waals surface area contributed by atoms with Gasteiger partial charge in [0.05, 0.1) is 12.6 Å². The van der Waals surface area contributed by atoms with Gasteiger partial charge >= 0.3 is 0 Å². The molecule has 45 heavy (non-hydrogen) atoms. The molecule has 2 fully saturated rings. The number of benzene rings is 1. The van der Waals surface area contributed by atoms with Crippen LogP contribution in [0.3, 0.4) is 0 Å². The van der Waals surface area contributed by atoms with Gasteiger partial charge in [0.15, 0.2) is 11.7 Å². The number of amides is 2. The third-order valence-corrected chi connectivity index (χ3v) is 10.4. The van der Waals surface area contributed by atoms with Crippen molar-refractivity contribution in [2.75, 3.05) is 13.1 Å². The van der Waals surface area contributed by atoms with Crippen molar-refractivity contribution in [3.63, 3.8) is 0 Å². The van der Waals surface area contributed by atoms with Crippen LogP contribution >= 0.6 is 0 Å². The first kappa shape index (κ1) is 33.1. The molecule has 1 aromatic carbocycles. The van der Waals surface area contributed by atoms with E-state index < -0.39 is 5.66 Å². The average molecular weight is 619 g/mol. The first-order valence-electron chi connectivity index (χ1n) is 16.9. The van der Waals surface area contributed by atoms with Gasteiger partial charge in [0, 0.05) is 18.7 Å². The summed E-state index contributed by atoms with van der Waals surface area (Å²) in [5, 5.41) is 16.6. The van der Waals surface area contributed by atoms with Gasteiger partial charge in [-0.15, -0.1) is 10.2 Å². The Kier molecular flexibility index (Phi) is 9.17. The number of nitrogens with one attached hydrogen (secondary N) is 2. The Labute approximate surface area is 269 Å². The lowest BCUT2D eigenvalue weighted by molar-refractivity contribution is -0.134. The summed E-state index contributed by atoms with van der Waals surface area (Å²) in [6.45, 7) is 20.4. The minimum atomic E-state index is -0.537. The van der Waals surface area contributed by atoms with E-state index in [-0.39, 0.29) is 40.6 Å². The molecule has 1 atom stereocenters. The van der Waals surface area contributed by atoms with Crippen molar-refractivity contribution in [1.82, 2.24) is 35.7 Å². The third kappa shape index (κ3) is 7.58. The lowest BCUT2D eigenvalue weighted by atomic mass is 9.69. The van der Waals surface area contributed by atoms with Crippen molar-refractivity contribution in [1.29, 1.82) is 0 Å². The Balaban J connectivity index is 1.46. The van der Waals surface area contributed by atoms with Crippen LogP contribution < -0.4 is 5.32 Å². The van der Waals surface area contributed by atoms with Crippen LogP contribution in [0, 0.1) is 22.2 Å². The van der Waals surface area contributed by atoms with E-state index in [0.29, 0.717) is 23.1 Å². The van der Waals surface area contributed by atoms with E-state index in [9.17, 15) is 9.59 Å². The van der Waals surface area contributed by atoms with Crippen LogP contribution in [0.1, 0.15) is 135 Å². The van der Waals surface area contributed by atoms with Gasteiger partial charge < -0.3 is 15.1 Å². The first-order chi connectivity index (χ1) is 21.1. The zero-order chi connectivity index (χ0) is 32.6. The number of aromatic nitrogens is 4. The highest BCUT2D eigenvalue weighted by molar-refractivity contribution is 6.39. The molecular weight excluding hydrogens is 564 g/mol. The van der Waals surface area contributed by atoms with Crippen LogP contribution in [0.4, 0.5) is 0 Å². The van der Waals surface area contributed by atoms with Gasteiger partial charge in [-0.2, -0.15) is 5.21 Å². The summed E-state index contributed by atoms with van der Waals surface area (Å²) in [6, 6.07) is 7.65. The van der Waals surface area contributed by atoms with Crippen LogP contribution in [-0.2, 0) is 11.3 Å². The fraction of sp³-hybridized carbons (Fsp3) is 0.714. The minimum Gasteiger partial charge on any atom is -0.352 e. The van der Waals surface area contributed by atoms with Gasteiger partial charge in [-0.3, -0.25) is 9.59 Å². The predicted octanol–water partition coefficient (Wildman–Crippen LogP) is 6.29. The number of tetrazole rings is 1. The quantitative estimate of drug-likeness (QED) is 0.376. The smallest absolute Gasteiger partial charge is 0.291 e. The molecule has 3 aliphatic rings. The number of rotatable bonds is 7. The Morgan fingerprint density at radius 3 is 2.22 bits per heavy atom. The van der Waals surface area contributed by atoms with E-state index >= 15 is 0 Å². The monoisotopic (exact) mass is 618 g/mol. The Hall–Kier alpha value is -3.30. The molecule has 2 amide bonds. The van der Waals surface area contributed by atoms with Gasteiger partial charge in [-0.05, 0) is 91.2 Å². The maximum atomic E-state index is 14.7. The van der Waals surface area contributed by atoms with E-state index in [1.165, 1.54) is 0 Å². The third-order valence-electron chi connectivity index (χ3n) is 10.4. The number of hydrogen-bond acceptors (Lipinski definition) is 7. The Morgan fingerprint density at radius 1 is 1.02 bits per heavy atom. The molecule has 0 radical (unpaired) electrons. The van der Waals surface area contributed by atoms with E-state index in [1.807, 2.05) is 24.3 Å². The zero-order valence-corrected chi connectivity index (χ0v) is 28.7. The average Bonchev–Trinajstić information content (AvgIpc) is 3.58. The number of piperidine rings is 1. The lowest BCUT2D eigenvalue weighted by Gasteiger charge is -2.47. The second-order valence-corrected chi connectivity index (χ2v) is 16.6. The standard InChI is InChI=1S/C35H54N8O2/c1-32(2,3)16-15-27(24-9-11-25(12-10-24)30(44)36-23-28-38-40-41-39-28)43-31(45)29(42-21-19-34(7,8)20-22-42)37-35(43)17-13-26(14-18-35)33(4,5)6/h9-12,26-27H,13-23H2,1-8H3,(H,36,44)(H,38,39,40,41)/t26?,27-,35?/m1/s1. The van der Waals surface area contributed by atoms with Crippen LogP contribution in [0.2, 0.25) is 0 Å². The number of likely N-dealkylation sites (tertiary alicyclic amines) is 1. The number of aromatic amines is 1. The summed E-state index contributed by atoms with van der Waals surface area (Å²) < 4.78 is 0. The normalized spacial score (nSPS) is 24.6. The predicted molar refractivity (Wildman–Crippen MR) is 176 cm³/mol. The van der Waals surface area contributed by atoms with Crippen molar-refractivity contribution >= 4 is 17.6 Å². The lowest BCUT2D eigenvalue weighted by Crippen LogP contribution is -2.52. The van der Waals surface area contributed by atoms with E-state index in [1.54, 1.807) is 0 Å². The maximum Gasteiger partial charge on any atom is 0.291 e. The molecule has 1 aromatic heterocycles. The molecule has 0 unspecified atom stereocenters. The zero-order valence-electron chi connectivity index (χ0n) is 28.7. The number of aliphatic imine (C=N–C) groups is 1. The number of carbonyl (C=O) groups is 2. The van der Waals surface area contributed by atoms with Gasteiger partial charge in [0.25, 0.3) is 11.8 Å². The molecule has 5 rings (SSSR count). The van der Waals surface area contributed by atoms with Crippen LogP contribution in [0.5, 0.6) is 0 Å². The molecule has 3 heterocycles. The molecule has 1 saturated carbocycles. The van der Waals surface area contributed by atoms with Crippen LogP contribution in [0.25, 0.3) is 0 Å². The van der Waals surface area contributed by atoms with Crippen molar-refractivity contribution < 1.29 is 9.59 Å². The highest BCUT2D eigenvalue weighted by Crippen LogP contribution is 2.50. The maximum absolute atomic E-state index is 14.7. The number of H-pyrrole nitrogens is 1. The molecule has 10 heteroatoms. The number of nitrogens with zero attached hydrogens (tertiary/aromatic N) is 6. The number of hydrogen-bond donors (Lipinski definition) is 2. The second-order valence-electron chi connectivity index (χ2n) is 16.6. The summed E-state index contributed by atoms with van der Waals surface area (Å²) in [5.74, 6) is 1.57. The summed E-state index contributed by atoms with van der Waals surface area (Å²) in [5.41, 5.74) is 1.69. The molecular formula is C35H54N8O2. The Bertz CT molecular complexity index is 1350. The van der Waals surface area contributed by atoms with Gasteiger partial charge in [-0.1, -0.05) is 72.7 Å². The molecule has 1 spiro atoms. The number of amidine groups is 1. The summed E-state index contributed by atoms with van der Waals surface area (Å²) in [7, 11) is 0. The Morgan fingerprint density at radius 2 is 1.67 bits per heavy atom. The first-order valence-corrected chi connectivity index (χ1v) is 16.9. The van der Waals surface area contributed by atoms with E-state index in [2.05, 4.69) is 91.1 Å². The molecule has 2 N–H and O–H groups in total. The molecule has 0 bridgehead atoms. The summed E-state index contributed by atoms with van der Waals surface area (Å²) in [4.78, 5) is 37.5. The highest BCUT2D eigenvalue weighted by Gasteiger charge is 2.54. The van der Waals surface area contributed by atoms with Crippen molar-refractivity contribution in [3.8, 4) is 0 Å². The molecule has 2 aromatic rings. The number of carbonyl (C=O) groups excluding carboxylic acids is 2. The fourth-order valence-corrected chi connectivity index (χ4v) is 7.25. The molecule has 1 aliphatic carbocycles. The molecule has 10 nitrogen and oxygen atoms in total. The summed E-state index contributed by atoms with van der Waals surface area (Å²) in [6.07, 6.45) is 7.79. The topological polar surface area (TPSA) is 119 Å². The van der Waals surface area contributed by atoms with E-state index in [4.69, 9.17) is 4.99 Å². The van der Waals surface area contributed by atoms with Crippen molar-refractivity contribution in [2.45, 2.75) is 125 Å².